The molecule has 0 atom stereocenters. The number of methoxy groups -OCH3 is 1. The highest BCUT2D eigenvalue weighted by atomic mass is 16.5. The number of carbonyl (C=O) groups excluding carboxylic acids is 1. The van der Waals surface area contributed by atoms with Crippen LogP contribution in [0.5, 0.6) is 5.75 Å². The van der Waals surface area contributed by atoms with E-state index < -0.39 is 0 Å². The minimum atomic E-state index is -0.0234. The molecule has 0 aliphatic carbocycles. The molecule has 0 bridgehead atoms. The van der Waals surface area contributed by atoms with Gasteiger partial charge in [0.05, 0.1) is 12.8 Å². The van der Waals surface area contributed by atoms with Crippen LogP contribution in [0.15, 0.2) is 67.0 Å². The van der Waals surface area contributed by atoms with Gasteiger partial charge in [0, 0.05) is 55.4 Å². The van der Waals surface area contributed by atoms with Gasteiger partial charge >= 0.3 is 0 Å². The summed E-state index contributed by atoms with van der Waals surface area (Å²) in [6.45, 7) is 4.88. The summed E-state index contributed by atoms with van der Waals surface area (Å²) in [6.07, 6.45) is 3.54. The van der Waals surface area contributed by atoms with E-state index in [4.69, 9.17) is 10.5 Å². The van der Waals surface area contributed by atoms with E-state index in [-0.39, 0.29) is 11.9 Å². The van der Waals surface area contributed by atoms with Crippen molar-refractivity contribution >= 4 is 17.5 Å². The van der Waals surface area contributed by atoms with Crippen LogP contribution in [0, 0.1) is 6.92 Å². The zero-order chi connectivity index (χ0) is 24.4. The van der Waals surface area contributed by atoms with Gasteiger partial charge in [-0.1, -0.05) is 29.8 Å². The number of anilines is 2. The van der Waals surface area contributed by atoms with Gasteiger partial charge in [0.1, 0.15) is 11.4 Å². The number of aromatic amines is 1. The smallest absolute Gasteiger partial charge is 0.270 e. The Hall–Kier alpha value is -4.33. The van der Waals surface area contributed by atoms with E-state index in [0.717, 1.165) is 46.8 Å². The van der Waals surface area contributed by atoms with Crippen LogP contribution in [0.4, 0.5) is 11.6 Å². The maximum absolute atomic E-state index is 13.2. The quantitative estimate of drug-likeness (QED) is 0.459. The van der Waals surface area contributed by atoms with Crippen LogP contribution in [0.2, 0.25) is 0 Å². The van der Waals surface area contributed by atoms with Gasteiger partial charge in [-0.05, 0) is 42.8 Å². The summed E-state index contributed by atoms with van der Waals surface area (Å²) in [6, 6.07) is 18.0. The molecule has 2 aromatic carbocycles. The number of hydrogen-bond donors (Lipinski definition) is 2. The molecule has 3 N–H and O–H groups in total. The third-order valence-electron chi connectivity index (χ3n) is 6.33. The molecule has 0 spiro atoms. The number of rotatable bonds is 5. The zero-order valence-corrected chi connectivity index (χ0v) is 19.9. The minimum Gasteiger partial charge on any atom is -0.497 e. The number of nitrogens with zero attached hydrogens (tertiary/aromatic N) is 4. The highest BCUT2D eigenvalue weighted by molar-refractivity contribution is 5.95. The Labute approximate surface area is 204 Å². The number of carbonyl (C=O) groups is 1. The molecule has 2 aromatic heterocycles. The monoisotopic (exact) mass is 468 g/mol. The van der Waals surface area contributed by atoms with Crippen LogP contribution in [-0.4, -0.2) is 59.0 Å². The number of benzene rings is 2. The molecule has 1 amide bonds. The first-order valence-electron chi connectivity index (χ1n) is 11.6. The number of piperazine rings is 1. The number of amides is 1. The summed E-state index contributed by atoms with van der Waals surface area (Å²) < 4.78 is 5.24. The van der Waals surface area contributed by atoms with Crippen LogP contribution in [0.25, 0.3) is 22.4 Å². The predicted octanol–water partition coefficient (Wildman–Crippen LogP) is 4.00. The lowest BCUT2D eigenvalue weighted by Gasteiger charge is -2.36. The number of ether oxygens (including phenoxy) is 1. The van der Waals surface area contributed by atoms with Crippen molar-refractivity contribution < 1.29 is 9.53 Å². The number of nitrogens with two attached hydrogens (primary N) is 1. The van der Waals surface area contributed by atoms with Gasteiger partial charge in [-0.2, -0.15) is 0 Å². The second kappa shape index (κ2) is 9.50. The average molecular weight is 469 g/mol. The van der Waals surface area contributed by atoms with Crippen molar-refractivity contribution in [1.29, 1.82) is 0 Å². The van der Waals surface area contributed by atoms with Gasteiger partial charge in [0.25, 0.3) is 5.91 Å². The summed E-state index contributed by atoms with van der Waals surface area (Å²) in [4.78, 5) is 29.2. The first-order chi connectivity index (χ1) is 17.0. The van der Waals surface area contributed by atoms with E-state index in [1.807, 2.05) is 66.6 Å². The number of H-pyrrole nitrogens is 1. The Morgan fingerprint density at radius 2 is 1.80 bits per heavy atom. The summed E-state index contributed by atoms with van der Waals surface area (Å²) in [5.41, 5.74) is 12.1. The second-order valence-electron chi connectivity index (χ2n) is 8.64. The van der Waals surface area contributed by atoms with Gasteiger partial charge < -0.3 is 25.3 Å². The van der Waals surface area contributed by atoms with Gasteiger partial charge in [0.2, 0.25) is 5.95 Å². The fourth-order valence-corrected chi connectivity index (χ4v) is 4.43. The fraction of sp³-hybridized carbons (Fsp3) is 0.222. The summed E-state index contributed by atoms with van der Waals surface area (Å²) in [5, 5.41) is 0. The van der Waals surface area contributed by atoms with Crippen LogP contribution in [-0.2, 0) is 0 Å². The topological polar surface area (TPSA) is 100 Å². The SMILES string of the molecule is COc1ccc(N2CCN(C(=O)c3cc(-c4nc(N)ncc4-c4cccc(C)c4)c[nH]3)CC2)cc1. The van der Waals surface area contributed by atoms with Crippen molar-refractivity contribution in [1.82, 2.24) is 19.9 Å². The van der Waals surface area contributed by atoms with E-state index in [0.29, 0.717) is 24.5 Å². The summed E-state index contributed by atoms with van der Waals surface area (Å²) in [7, 11) is 1.66. The van der Waals surface area contributed by atoms with Crippen molar-refractivity contribution in [3.63, 3.8) is 0 Å². The Morgan fingerprint density at radius 3 is 2.51 bits per heavy atom. The molecule has 0 saturated carbocycles. The largest absolute Gasteiger partial charge is 0.497 e. The molecule has 0 unspecified atom stereocenters. The van der Waals surface area contributed by atoms with Crippen LogP contribution in [0.3, 0.4) is 0 Å². The number of aryl methyl sites for hydroxylation is 1. The van der Waals surface area contributed by atoms with E-state index in [1.165, 1.54) is 0 Å². The van der Waals surface area contributed by atoms with Crippen LogP contribution < -0.4 is 15.4 Å². The molecule has 3 heterocycles. The number of nitrogens with one attached hydrogen (secondary N) is 1. The fourth-order valence-electron chi connectivity index (χ4n) is 4.43. The Morgan fingerprint density at radius 1 is 1.03 bits per heavy atom. The highest BCUT2D eigenvalue weighted by Crippen LogP contribution is 2.31. The van der Waals surface area contributed by atoms with Gasteiger partial charge in [0.15, 0.2) is 0 Å². The van der Waals surface area contributed by atoms with E-state index in [2.05, 4.69) is 25.9 Å². The summed E-state index contributed by atoms with van der Waals surface area (Å²) >= 11 is 0. The molecule has 5 rings (SSSR count). The van der Waals surface area contributed by atoms with Crippen molar-refractivity contribution in [2.75, 3.05) is 43.9 Å². The van der Waals surface area contributed by atoms with Gasteiger partial charge in [-0.15, -0.1) is 0 Å². The highest BCUT2D eigenvalue weighted by Gasteiger charge is 2.24. The number of hydrogen-bond acceptors (Lipinski definition) is 6. The second-order valence-corrected chi connectivity index (χ2v) is 8.64. The van der Waals surface area contributed by atoms with Crippen molar-refractivity contribution in [2.24, 2.45) is 0 Å². The van der Waals surface area contributed by atoms with Crippen molar-refractivity contribution in [2.45, 2.75) is 6.92 Å². The summed E-state index contributed by atoms with van der Waals surface area (Å²) in [5.74, 6) is 1.01. The Bertz CT molecular complexity index is 1340. The lowest BCUT2D eigenvalue weighted by molar-refractivity contribution is 0.0741. The normalized spacial score (nSPS) is 13.7. The van der Waals surface area contributed by atoms with Crippen molar-refractivity contribution in [3.05, 3.63) is 78.2 Å². The maximum Gasteiger partial charge on any atom is 0.270 e. The molecule has 1 saturated heterocycles. The maximum atomic E-state index is 13.2. The molecule has 35 heavy (non-hydrogen) atoms. The van der Waals surface area contributed by atoms with Crippen LogP contribution in [0.1, 0.15) is 16.1 Å². The number of aromatic nitrogens is 3. The van der Waals surface area contributed by atoms with Crippen LogP contribution >= 0.6 is 0 Å². The molecular formula is C27H28N6O2. The zero-order valence-electron chi connectivity index (χ0n) is 19.9. The third kappa shape index (κ3) is 4.68. The molecule has 8 nitrogen and oxygen atoms in total. The van der Waals surface area contributed by atoms with Gasteiger partial charge in [-0.3, -0.25) is 4.79 Å². The molecule has 0 radical (unpaired) electrons. The molecule has 1 aliphatic heterocycles. The van der Waals surface area contributed by atoms with Crippen molar-refractivity contribution in [3.8, 4) is 28.1 Å². The predicted molar refractivity (Wildman–Crippen MR) is 138 cm³/mol. The average Bonchev–Trinajstić information content (AvgIpc) is 3.39. The lowest BCUT2D eigenvalue weighted by Crippen LogP contribution is -2.48. The van der Waals surface area contributed by atoms with Gasteiger partial charge in [-0.25, -0.2) is 9.97 Å². The van der Waals surface area contributed by atoms with E-state index in [1.54, 1.807) is 13.3 Å². The molecule has 1 aliphatic rings. The molecular weight excluding hydrogens is 440 g/mol. The Kier molecular flexibility index (Phi) is 6.10. The minimum absolute atomic E-state index is 0.0234. The molecule has 1 fully saturated rings. The Balaban J connectivity index is 1.32. The first kappa shape index (κ1) is 22.5. The third-order valence-corrected chi connectivity index (χ3v) is 6.33. The molecule has 4 aromatic rings. The van der Waals surface area contributed by atoms with E-state index in [9.17, 15) is 4.79 Å². The lowest BCUT2D eigenvalue weighted by atomic mass is 10.0. The molecule has 178 valence electrons. The molecule has 8 heteroatoms. The standard InChI is InChI=1S/C27H28N6O2/c1-18-4-3-5-19(14-18)23-17-30-27(28)31-25(23)20-15-24(29-16-20)26(34)33-12-10-32(11-13-33)21-6-8-22(35-2)9-7-21/h3-9,14-17,29H,10-13H2,1-2H3,(H2,28,30,31). The number of nitrogen functional groups attached to an aromatic ring is 1. The van der Waals surface area contributed by atoms with E-state index >= 15 is 0 Å². The first-order valence-corrected chi connectivity index (χ1v) is 11.6.